The van der Waals surface area contributed by atoms with Crippen LogP contribution in [0.25, 0.3) is 11.4 Å². The molecule has 1 amide bonds. The number of carbonyl (C=O) groups is 1. The Bertz CT molecular complexity index is 960. The summed E-state index contributed by atoms with van der Waals surface area (Å²) in [6.45, 7) is 1.94. The van der Waals surface area contributed by atoms with Gasteiger partial charge in [-0.3, -0.25) is 4.79 Å². The Kier molecular flexibility index (Phi) is 6.00. The van der Waals surface area contributed by atoms with Crippen LogP contribution in [0, 0.1) is 6.92 Å². The zero-order valence-corrected chi connectivity index (χ0v) is 17.7. The Morgan fingerprint density at radius 1 is 1.23 bits per heavy atom. The fraction of sp³-hybridized carbons (Fsp3) is 0.118. The highest BCUT2D eigenvalue weighted by molar-refractivity contribution is 9.10. The molecule has 0 spiro atoms. The number of thioether (sulfide) groups is 1. The number of amides is 1. The zero-order valence-electron chi connectivity index (χ0n) is 13.7. The highest BCUT2D eigenvalue weighted by Gasteiger charge is 2.15. The summed E-state index contributed by atoms with van der Waals surface area (Å²) in [7, 11) is 0. The maximum atomic E-state index is 12.2. The smallest absolute Gasteiger partial charge is 0.234 e. The number of nitrogens with two attached hydrogens (primary N) is 1. The van der Waals surface area contributed by atoms with E-state index in [0.717, 1.165) is 25.8 Å². The number of rotatable bonds is 5. The van der Waals surface area contributed by atoms with Gasteiger partial charge in [0, 0.05) is 20.2 Å². The van der Waals surface area contributed by atoms with Crippen molar-refractivity contribution in [2.24, 2.45) is 0 Å². The van der Waals surface area contributed by atoms with Gasteiger partial charge in [-0.1, -0.05) is 55.8 Å². The van der Waals surface area contributed by atoms with Crippen LogP contribution in [0.4, 0.5) is 5.69 Å². The number of hydrogen-bond donors (Lipinski definition) is 2. The third-order valence-electron chi connectivity index (χ3n) is 3.57. The van der Waals surface area contributed by atoms with Crippen molar-refractivity contribution in [3.63, 3.8) is 0 Å². The van der Waals surface area contributed by atoms with Crippen molar-refractivity contribution in [3.05, 3.63) is 57.0 Å². The topological polar surface area (TPSA) is 85.8 Å². The van der Waals surface area contributed by atoms with Gasteiger partial charge in [-0.25, -0.2) is 4.68 Å². The van der Waals surface area contributed by atoms with Crippen molar-refractivity contribution in [2.45, 2.75) is 12.1 Å². The van der Waals surface area contributed by atoms with Crippen molar-refractivity contribution < 1.29 is 4.79 Å². The first-order chi connectivity index (χ1) is 12.5. The molecule has 2 aromatic carbocycles. The molecule has 0 atom stereocenters. The predicted molar refractivity (Wildman–Crippen MR) is 112 cm³/mol. The van der Waals surface area contributed by atoms with E-state index in [2.05, 4.69) is 47.4 Å². The standard InChI is InChI=1S/C17H15Br2N5OS/c1-10-8-11(18)6-7-14(10)21-15(25)9-26-17-23-22-16(24(17)20)12-4-2-3-5-13(12)19/h2-8H,9,20H2,1H3,(H,21,25). The van der Waals surface area contributed by atoms with Gasteiger partial charge in [-0.15, -0.1) is 10.2 Å². The molecule has 0 aliphatic rings. The number of halogens is 2. The van der Waals surface area contributed by atoms with Gasteiger partial charge in [-0.05, 0) is 42.8 Å². The summed E-state index contributed by atoms with van der Waals surface area (Å²) in [6, 6.07) is 13.3. The van der Waals surface area contributed by atoms with E-state index in [1.165, 1.54) is 16.4 Å². The second kappa shape index (κ2) is 8.24. The lowest BCUT2D eigenvalue weighted by molar-refractivity contribution is -0.113. The van der Waals surface area contributed by atoms with Crippen molar-refractivity contribution >= 4 is 55.2 Å². The molecule has 0 aliphatic heterocycles. The lowest BCUT2D eigenvalue weighted by Crippen LogP contribution is -2.17. The quantitative estimate of drug-likeness (QED) is 0.408. The number of hydrogen-bond acceptors (Lipinski definition) is 5. The molecule has 0 unspecified atom stereocenters. The van der Waals surface area contributed by atoms with Crippen LogP contribution in [0.3, 0.4) is 0 Å². The van der Waals surface area contributed by atoms with Crippen molar-refractivity contribution in [3.8, 4) is 11.4 Å². The molecule has 6 nitrogen and oxygen atoms in total. The van der Waals surface area contributed by atoms with Gasteiger partial charge in [0.1, 0.15) is 0 Å². The van der Waals surface area contributed by atoms with Crippen LogP contribution in [0.5, 0.6) is 0 Å². The van der Waals surface area contributed by atoms with Gasteiger partial charge < -0.3 is 11.2 Å². The van der Waals surface area contributed by atoms with Gasteiger partial charge in [0.05, 0.1) is 5.75 Å². The maximum Gasteiger partial charge on any atom is 0.234 e. The average molecular weight is 497 g/mol. The molecule has 0 bridgehead atoms. The van der Waals surface area contributed by atoms with E-state index in [1.54, 1.807) is 0 Å². The van der Waals surface area contributed by atoms with Crippen LogP contribution in [-0.2, 0) is 4.79 Å². The van der Waals surface area contributed by atoms with E-state index in [4.69, 9.17) is 5.84 Å². The Hall–Kier alpha value is -1.84. The predicted octanol–water partition coefficient (Wildman–Crippen LogP) is 4.22. The van der Waals surface area contributed by atoms with Gasteiger partial charge in [0.2, 0.25) is 11.1 Å². The summed E-state index contributed by atoms with van der Waals surface area (Å²) in [5, 5.41) is 11.6. The number of aromatic nitrogens is 3. The summed E-state index contributed by atoms with van der Waals surface area (Å²) in [6.07, 6.45) is 0. The normalized spacial score (nSPS) is 10.7. The lowest BCUT2D eigenvalue weighted by atomic mass is 10.2. The van der Waals surface area contributed by atoms with Crippen LogP contribution in [0.2, 0.25) is 0 Å². The van der Waals surface area contributed by atoms with Crippen molar-refractivity contribution in [1.29, 1.82) is 0 Å². The van der Waals surface area contributed by atoms with Gasteiger partial charge in [-0.2, -0.15) is 0 Å². The fourth-order valence-corrected chi connectivity index (χ4v) is 3.88. The first-order valence-electron chi connectivity index (χ1n) is 7.60. The van der Waals surface area contributed by atoms with E-state index in [9.17, 15) is 4.79 Å². The molecule has 134 valence electrons. The first-order valence-corrected chi connectivity index (χ1v) is 10.2. The summed E-state index contributed by atoms with van der Waals surface area (Å²) in [5.41, 5.74) is 2.60. The maximum absolute atomic E-state index is 12.2. The van der Waals surface area contributed by atoms with Gasteiger partial charge in [0.15, 0.2) is 5.82 Å². The third-order valence-corrected chi connectivity index (χ3v) is 5.70. The number of anilines is 1. The van der Waals surface area contributed by atoms with Crippen LogP contribution in [0.15, 0.2) is 56.6 Å². The molecule has 9 heteroatoms. The minimum Gasteiger partial charge on any atom is -0.335 e. The highest BCUT2D eigenvalue weighted by Crippen LogP contribution is 2.28. The van der Waals surface area contributed by atoms with E-state index < -0.39 is 0 Å². The molecule has 0 saturated carbocycles. The Morgan fingerprint density at radius 2 is 2.00 bits per heavy atom. The van der Waals surface area contributed by atoms with Crippen LogP contribution in [0.1, 0.15) is 5.56 Å². The Labute approximate surface area is 171 Å². The Morgan fingerprint density at radius 3 is 2.73 bits per heavy atom. The minimum absolute atomic E-state index is 0.133. The Balaban J connectivity index is 1.67. The summed E-state index contributed by atoms with van der Waals surface area (Å²) < 4.78 is 3.24. The van der Waals surface area contributed by atoms with Gasteiger partial charge in [0.25, 0.3) is 0 Å². The molecule has 3 N–H and O–H groups in total. The van der Waals surface area contributed by atoms with E-state index in [-0.39, 0.29) is 11.7 Å². The first kappa shape index (κ1) is 18.9. The molecular weight excluding hydrogens is 482 g/mol. The van der Waals surface area contributed by atoms with E-state index in [1.807, 2.05) is 49.4 Å². The molecule has 3 rings (SSSR count). The molecule has 0 saturated heterocycles. The number of nitrogens with one attached hydrogen (secondary N) is 1. The summed E-state index contributed by atoms with van der Waals surface area (Å²) in [4.78, 5) is 12.2. The van der Waals surface area contributed by atoms with Crippen LogP contribution >= 0.6 is 43.6 Å². The molecule has 3 aromatic rings. The number of aryl methyl sites for hydroxylation is 1. The van der Waals surface area contributed by atoms with Crippen molar-refractivity contribution in [1.82, 2.24) is 14.9 Å². The second-order valence-corrected chi connectivity index (χ2v) is 8.16. The third kappa shape index (κ3) is 4.28. The SMILES string of the molecule is Cc1cc(Br)ccc1NC(=O)CSc1nnc(-c2ccccc2Br)n1N. The second-order valence-electron chi connectivity index (χ2n) is 5.45. The molecule has 1 heterocycles. The molecular formula is C17H15Br2N5OS. The van der Waals surface area contributed by atoms with Crippen LogP contribution in [-0.4, -0.2) is 26.5 Å². The molecule has 0 aliphatic carbocycles. The molecule has 26 heavy (non-hydrogen) atoms. The average Bonchev–Trinajstić information content (AvgIpc) is 2.97. The summed E-state index contributed by atoms with van der Waals surface area (Å²) >= 11 is 8.12. The summed E-state index contributed by atoms with van der Waals surface area (Å²) in [5.74, 6) is 6.68. The van der Waals surface area contributed by atoms with E-state index >= 15 is 0 Å². The van der Waals surface area contributed by atoms with E-state index in [0.29, 0.717) is 11.0 Å². The zero-order chi connectivity index (χ0) is 18.7. The highest BCUT2D eigenvalue weighted by atomic mass is 79.9. The van der Waals surface area contributed by atoms with Gasteiger partial charge >= 0.3 is 0 Å². The lowest BCUT2D eigenvalue weighted by Gasteiger charge is -2.08. The number of benzene rings is 2. The fourth-order valence-electron chi connectivity index (χ4n) is 2.29. The number of nitrogen functional groups attached to an aromatic ring is 1. The largest absolute Gasteiger partial charge is 0.335 e. The molecule has 0 fully saturated rings. The van der Waals surface area contributed by atoms with Crippen LogP contribution < -0.4 is 11.2 Å². The number of carbonyl (C=O) groups excluding carboxylic acids is 1. The minimum atomic E-state index is -0.133. The monoisotopic (exact) mass is 495 g/mol. The van der Waals surface area contributed by atoms with Crippen molar-refractivity contribution in [2.75, 3.05) is 16.9 Å². The molecule has 0 radical (unpaired) electrons. The molecule has 1 aromatic heterocycles. The number of nitrogens with zero attached hydrogens (tertiary/aromatic N) is 3.